The number of halogens is 3. The lowest BCUT2D eigenvalue weighted by Gasteiger charge is -2.29. The molecule has 0 saturated carbocycles. The number of hydrogen-bond acceptors (Lipinski definition) is 9. The Balaban J connectivity index is 2.35. The number of fused-ring (bicyclic) bond motifs is 1. The van der Waals surface area contributed by atoms with E-state index in [-0.39, 0.29) is 18.2 Å². The third-order valence-electron chi connectivity index (χ3n) is 7.71. The second-order valence-corrected chi connectivity index (χ2v) is 12.1. The van der Waals surface area contributed by atoms with Crippen LogP contribution >= 0.6 is 0 Å². The molecular weight excluding hydrogens is 687 g/mol. The summed E-state index contributed by atoms with van der Waals surface area (Å²) < 4.78 is 45.1. The third kappa shape index (κ3) is 12.4. The van der Waals surface area contributed by atoms with Crippen LogP contribution in [0.3, 0.4) is 0 Å². The highest BCUT2D eigenvalue weighted by atomic mass is 19.4. The van der Waals surface area contributed by atoms with Crippen molar-refractivity contribution in [3.8, 4) is 0 Å². The molecule has 0 spiro atoms. The van der Waals surface area contributed by atoms with Crippen LogP contribution in [0, 0.1) is 11.8 Å². The minimum Gasteiger partial charge on any atom is -0.481 e. The summed E-state index contributed by atoms with van der Waals surface area (Å²) in [7, 11) is 0. The number of alkyl halides is 3. The predicted octanol–water partition coefficient (Wildman–Crippen LogP) is 1.75. The Morgan fingerprint density at radius 3 is 1.94 bits per heavy atom. The molecule has 7 N–H and O–H groups in total. The van der Waals surface area contributed by atoms with Crippen LogP contribution in [0.2, 0.25) is 0 Å². The van der Waals surface area contributed by atoms with E-state index in [4.69, 9.17) is 4.42 Å². The van der Waals surface area contributed by atoms with Crippen LogP contribution in [-0.4, -0.2) is 75.9 Å². The van der Waals surface area contributed by atoms with Gasteiger partial charge in [-0.1, -0.05) is 34.1 Å². The maximum Gasteiger partial charge on any atom is 0.417 e. The molecule has 1 aromatic carbocycles. The summed E-state index contributed by atoms with van der Waals surface area (Å²) >= 11 is 0. The number of carbonyl (C=O) groups excluding carboxylic acids is 5. The van der Waals surface area contributed by atoms with Crippen LogP contribution in [0.25, 0.3) is 11.0 Å². The largest absolute Gasteiger partial charge is 0.481 e. The minimum atomic E-state index is -4.90. The summed E-state index contributed by atoms with van der Waals surface area (Å²) in [6.45, 7) is 7.64. The first-order valence-electron chi connectivity index (χ1n) is 15.7. The predicted molar refractivity (Wildman–Crippen MR) is 173 cm³/mol. The molecule has 19 heteroatoms. The van der Waals surface area contributed by atoms with E-state index < -0.39 is 125 Å². The zero-order valence-electron chi connectivity index (χ0n) is 28.3. The molecule has 51 heavy (non-hydrogen) atoms. The number of rotatable bonds is 17. The van der Waals surface area contributed by atoms with Gasteiger partial charge >= 0.3 is 23.7 Å². The fraction of sp³-hybridized carbons (Fsp3) is 0.500. The molecular formula is C32H40F3N5O11. The average Bonchev–Trinajstić information content (AvgIpc) is 3.01. The lowest BCUT2D eigenvalue weighted by atomic mass is 9.96. The van der Waals surface area contributed by atoms with Gasteiger partial charge in [-0.3, -0.25) is 33.6 Å². The molecule has 5 atom stereocenters. The maximum atomic E-state index is 13.5. The summed E-state index contributed by atoms with van der Waals surface area (Å²) in [5.41, 5.74) is -3.34. The highest BCUT2D eigenvalue weighted by molar-refractivity contribution is 6.01. The first-order chi connectivity index (χ1) is 23.6. The third-order valence-corrected chi connectivity index (χ3v) is 7.71. The van der Waals surface area contributed by atoms with Crippen molar-refractivity contribution in [3.63, 3.8) is 0 Å². The van der Waals surface area contributed by atoms with Gasteiger partial charge in [-0.15, -0.1) is 0 Å². The molecule has 1 aromatic heterocycles. The summed E-state index contributed by atoms with van der Waals surface area (Å²) in [4.78, 5) is 99.5. The van der Waals surface area contributed by atoms with Gasteiger partial charge in [0.05, 0.1) is 12.0 Å². The Morgan fingerprint density at radius 1 is 0.804 bits per heavy atom. The number of benzene rings is 1. The fourth-order valence-corrected chi connectivity index (χ4v) is 4.86. The van der Waals surface area contributed by atoms with E-state index in [1.165, 1.54) is 6.92 Å². The van der Waals surface area contributed by atoms with E-state index in [1.54, 1.807) is 27.7 Å². The zero-order valence-corrected chi connectivity index (χ0v) is 28.3. The standard InChI is InChI=1S/C32H40F3N5O11/c1-6-15(4)27(40-28(47)20(9-10-23(42)43)38-30(49)26(14(2)3)36-16(5)41)31(50)39-21(13-24(44)45)29(48)37-17-7-8-18-19(32(33,34)35)12-25(46)51-22(18)11-17/h7-8,11-12,14-15,20-21,26-27H,6,9-10,13H2,1-5H3,(H,36,41)(H,37,48)(H,38,49)(H,39,50)(H,40,47)(H,42,43)(H,44,45)/t15-,20-,21-,26-,27-/m0/s1. The molecule has 1 heterocycles. The van der Waals surface area contributed by atoms with E-state index in [0.717, 1.165) is 18.2 Å². The molecule has 0 radical (unpaired) electrons. The van der Waals surface area contributed by atoms with Crippen LogP contribution in [0.4, 0.5) is 18.9 Å². The molecule has 0 fully saturated rings. The van der Waals surface area contributed by atoms with Gasteiger partial charge in [0.25, 0.3) is 0 Å². The molecule has 0 saturated heterocycles. The van der Waals surface area contributed by atoms with E-state index in [1.807, 2.05) is 0 Å². The van der Waals surface area contributed by atoms with Crippen LogP contribution in [0.5, 0.6) is 0 Å². The van der Waals surface area contributed by atoms with Crippen molar-refractivity contribution in [2.75, 3.05) is 5.32 Å². The quantitative estimate of drug-likeness (QED) is 0.116. The van der Waals surface area contributed by atoms with Crippen molar-refractivity contribution in [1.29, 1.82) is 0 Å². The molecule has 5 amide bonds. The molecule has 0 unspecified atom stereocenters. The summed E-state index contributed by atoms with van der Waals surface area (Å²) in [6.07, 6.45) is -6.59. The average molecular weight is 728 g/mol. The van der Waals surface area contributed by atoms with Gasteiger partial charge in [-0.2, -0.15) is 13.2 Å². The highest BCUT2D eigenvalue weighted by Crippen LogP contribution is 2.34. The molecule has 2 rings (SSSR count). The zero-order chi connectivity index (χ0) is 38.8. The van der Waals surface area contributed by atoms with Crippen molar-refractivity contribution in [2.45, 2.75) is 90.6 Å². The SMILES string of the molecule is CC[C@H](C)[C@H](NC(=O)[C@H](CCC(=O)O)NC(=O)[C@@H](NC(C)=O)C(C)C)C(=O)N[C@@H](CC(=O)O)C(=O)Nc1ccc2c(C(F)(F)F)cc(=O)oc2c1. The smallest absolute Gasteiger partial charge is 0.417 e. The number of carboxylic acid groups (broad SMARTS) is 2. The van der Waals surface area contributed by atoms with Crippen LogP contribution in [0.1, 0.15) is 65.9 Å². The molecule has 0 aliphatic heterocycles. The monoisotopic (exact) mass is 727 g/mol. The Kier molecular flexibility index (Phi) is 14.7. The van der Waals surface area contributed by atoms with Crippen LogP contribution < -0.4 is 32.2 Å². The van der Waals surface area contributed by atoms with Gasteiger partial charge < -0.3 is 41.2 Å². The van der Waals surface area contributed by atoms with E-state index >= 15 is 0 Å². The molecule has 0 aliphatic rings. The van der Waals surface area contributed by atoms with Crippen LogP contribution in [-0.2, 0) is 39.7 Å². The highest BCUT2D eigenvalue weighted by Gasteiger charge is 2.36. The van der Waals surface area contributed by atoms with Crippen molar-refractivity contribution >= 4 is 58.1 Å². The summed E-state index contributed by atoms with van der Waals surface area (Å²) in [5.74, 6) is -8.39. The van der Waals surface area contributed by atoms with Gasteiger partial charge in [0.1, 0.15) is 29.8 Å². The van der Waals surface area contributed by atoms with Crippen molar-refractivity contribution in [2.24, 2.45) is 11.8 Å². The second-order valence-electron chi connectivity index (χ2n) is 12.1. The number of nitrogens with one attached hydrogen (secondary N) is 5. The van der Waals surface area contributed by atoms with Gasteiger partial charge in [0.15, 0.2) is 0 Å². The topological polar surface area (TPSA) is 250 Å². The maximum absolute atomic E-state index is 13.5. The van der Waals surface area contributed by atoms with Gasteiger partial charge in [-0.25, -0.2) is 4.79 Å². The first kappa shape index (κ1) is 41.7. The van der Waals surface area contributed by atoms with Gasteiger partial charge in [0.2, 0.25) is 29.5 Å². The number of carbonyl (C=O) groups is 7. The molecule has 280 valence electrons. The first-order valence-corrected chi connectivity index (χ1v) is 15.7. The molecule has 0 aliphatic carbocycles. The normalized spacial score (nSPS) is 14.4. The van der Waals surface area contributed by atoms with Crippen LogP contribution in [0.15, 0.2) is 33.5 Å². The number of carboxylic acids is 2. The van der Waals surface area contributed by atoms with Gasteiger partial charge in [0, 0.05) is 36.6 Å². The lowest BCUT2D eigenvalue weighted by Crippen LogP contribution is -2.60. The number of amides is 5. The summed E-state index contributed by atoms with van der Waals surface area (Å²) in [5, 5.41) is 30.0. The molecule has 0 bridgehead atoms. The Bertz CT molecular complexity index is 1710. The van der Waals surface area contributed by atoms with E-state index in [9.17, 15) is 61.7 Å². The fourth-order valence-electron chi connectivity index (χ4n) is 4.86. The van der Waals surface area contributed by atoms with E-state index in [2.05, 4.69) is 26.6 Å². The van der Waals surface area contributed by atoms with Crippen molar-refractivity contribution in [1.82, 2.24) is 21.3 Å². The molecule has 16 nitrogen and oxygen atoms in total. The van der Waals surface area contributed by atoms with Crippen molar-refractivity contribution < 1.29 is 61.4 Å². The lowest BCUT2D eigenvalue weighted by molar-refractivity contribution is -0.141. The number of hydrogen-bond donors (Lipinski definition) is 7. The Hall–Kier alpha value is -5.49. The van der Waals surface area contributed by atoms with Gasteiger partial charge in [-0.05, 0) is 30.4 Å². The minimum absolute atomic E-state index is 0.206. The summed E-state index contributed by atoms with van der Waals surface area (Å²) in [6, 6.07) is -2.68. The Labute approximate surface area is 288 Å². The van der Waals surface area contributed by atoms with Crippen molar-refractivity contribution in [3.05, 3.63) is 40.2 Å². The number of aliphatic carboxylic acids is 2. The Morgan fingerprint density at radius 2 is 1.41 bits per heavy atom. The second kappa shape index (κ2) is 18.0. The van der Waals surface area contributed by atoms with E-state index in [0.29, 0.717) is 0 Å². The molecule has 2 aromatic rings. The number of anilines is 1.